The summed E-state index contributed by atoms with van der Waals surface area (Å²) in [5.74, 6) is -2.28. The number of hydrogen-bond acceptors (Lipinski definition) is 2. The molecule has 126 valence electrons. The molecule has 0 spiro atoms. The second kappa shape index (κ2) is 6.82. The van der Waals surface area contributed by atoms with Crippen LogP contribution in [0, 0.1) is 17.5 Å². The van der Waals surface area contributed by atoms with Crippen molar-refractivity contribution in [1.29, 1.82) is 0 Å². The van der Waals surface area contributed by atoms with Crippen molar-refractivity contribution in [3.05, 3.63) is 59.9 Å². The van der Waals surface area contributed by atoms with Crippen molar-refractivity contribution in [3.63, 3.8) is 0 Å². The predicted molar refractivity (Wildman–Crippen MR) is 85.6 cm³/mol. The molecule has 1 aliphatic heterocycles. The molecule has 0 radical (unpaired) electrons. The lowest BCUT2D eigenvalue weighted by atomic mass is 10.2. The lowest BCUT2D eigenvalue weighted by molar-refractivity contribution is 0.208. The highest BCUT2D eigenvalue weighted by molar-refractivity contribution is 5.89. The molecule has 7 heteroatoms. The molecule has 1 N–H and O–H groups in total. The smallest absolute Gasteiger partial charge is 0.322 e. The molecule has 1 fully saturated rings. The van der Waals surface area contributed by atoms with Crippen LogP contribution in [0.4, 0.5) is 29.3 Å². The Kier molecular flexibility index (Phi) is 4.59. The summed E-state index contributed by atoms with van der Waals surface area (Å²) in [6.45, 7) is 1.77. The van der Waals surface area contributed by atoms with E-state index in [0.717, 1.165) is 12.1 Å². The number of halogens is 3. The monoisotopic (exact) mass is 335 g/mol. The molecule has 0 bridgehead atoms. The second-order valence-corrected chi connectivity index (χ2v) is 5.48. The Labute approximate surface area is 137 Å². The van der Waals surface area contributed by atoms with Gasteiger partial charge in [-0.25, -0.2) is 18.0 Å². The maximum atomic E-state index is 13.6. The fourth-order valence-electron chi connectivity index (χ4n) is 2.61. The number of rotatable bonds is 2. The molecule has 0 aliphatic carbocycles. The van der Waals surface area contributed by atoms with Crippen LogP contribution in [0.5, 0.6) is 0 Å². The van der Waals surface area contributed by atoms with Crippen LogP contribution in [0.3, 0.4) is 0 Å². The highest BCUT2D eigenvalue weighted by Crippen LogP contribution is 2.20. The Hall–Kier alpha value is -2.70. The minimum absolute atomic E-state index is 0.130. The van der Waals surface area contributed by atoms with Crippen LogP contribution >= 0.6 is 0 Å². The van der Waals surface area contributed by atoms with Gasteiger partial charge in [0.2, 0.25) is 0 Å². The third-order valence-corrected chi connectivity index (χ3v) is 3.95. The molecule has 2 aromatic carbocycles. The van der Waals surface area contributed by atoms with Gasteiger partial charge in [0, 0.05) is 37.9 Å². The van der Waals surface area contributed by atoms with E-state index in [1.807, 2.05) is 4.90 Å². The van der Waals surface area contributed by atoms with Gasteiger partial charge in [0.25, 0.3) is 0 Å². The molecule has 0 unspecified atom stereocenters. The van der Waals surface area contributed by atoms with Gasteiger partial charge < -0.3 is 15.1 Å². The van der Waals surface area contributed by atoms with E-state index < -0.39 is 17.5 Å². The number of carbonyl (C=O) groups is 1. The lowest BCUT2D eigenvalue weighted by Gasteiger charge is -2.36. The van der Waals surface area contributed by atoms with Gasteiger partial charge in [-0.15, -0.1) is 0 Å². The third kappa shape index (κ3) is 3.45. The number of nitrogens with one attached hydrogen (secondary N) is 1. The standard InChI is InChI=1S/C17H16F3N3O/c18-13-6-5-12(11-15(13)20)22-7-9-23(10-8-22)17(24)21-16-4-2-1-3-14(16)19/h1-6,11H,7-10H2,(H,21,24). The van der Waals surface area contributed by atoms with Gasteiger partial charge in [0.05, 0.1) is 5.69 Å². The largest absolute Gasteiger partial charge is 0.368 e. The topological polar surface area (TPSA) is 35.6 Å². The van der Waals surface area contributed by atoms with Gasteiger partial charge in [0.1, 0.15) is 5.82 Å². The molecule has 0 atom stereocenters. The highest BCUT2D eigenvalue weighted by Gasteiger charge is 2.22. The summed E-state index contributed by atoms with van der Waals surface area (Å²) < 4.78 is 39.9. The zero-order valence-electron chi connectivity index (χ0n) is 12.8. The zero-order chi connectivity index (χ0) is 17.1. The minimum atomic E-state index is -0.896. The van der Waals surface area contributed by atoms with Gasteiger partial charge >= 0.3 is 6.03 Å². The number of anilines is 2. The summed E-state index contributed by atoms with van der Waals surface area (Å²) in [4.78, 5) is 15.6. The summed E-state index contributed by atoms with van der Waals surface area (Å²) in [6.07, 6.45) is 0. The number of urea groups is 1. The first-order valence-corrected chi connectivity index (χ1v) is 7.55. The van der Waals surface area contributed by atoms with E-state index in [0.29, 0.717) is 31.9 Å². The van der Waals surface area contributed by atoms with Crippen molar-refractivity contribution >= 4 is 17.4 Å². The molecule has 1 saturated heterocycles. The van der Waals surface area contributed by atoms with Crippen molar-refractivity contribution in [1.82, 2.24) is 4.90 Å². The first-order valence-electron chi connectivity index (χ1n) is 7.55. The van der Waals surface area contributed by atoms with Crippen LogP contribution in [-0.4, -0.2) is 37.1 Å². The number of benzene rings is 2. The Morgan fingerprint density at radius 2 is 1.58 bits per heavy atom. The number of nitrogens with zero attached hydrogens (tertiary/aromatic N) is 2. The average Bonchev–Trinajstić information content (AvgIpc) is 2.59. The maximum Gasteiger partial charge on any atom is 0.322 e. The van der Waals surface area contributed by atoms with Gasteiger partial charge in [-0.3, -0.25) is 0 Å². The molecule has 4 nitrogen and oxygen atoms in total. The Bertz CT molecular complexity index is 746. The van der Waals surface area contributed by atoms with E-state index in [2.05, 4.69) is 5.32 Å². The van der Waals surface area contributed by atoms with Crippen molar-refractivity contribution in [2.45, 2.75) is 0 Å². The van der Waals surface area contributed by atoms with E-state index in [-0.39, 0.29) is 11.7 Å². The zero-order valence-corrected chi connectivity index (χ0v) is 12.8. The number of carbonyl (C=O) groups excluding carboxylic acids is 1. The predicted octanol–water partition coefficient (Wildman–Crippen LogP) is 3.46. The molecule has 1 aliphatic rings. The van der Waals surface area contributed by atoms with Crippen LogP contribution in [0.2, 0.25) is 0 Å². The van der Waals surface area contributed by atoms with Crippen molar-refractivity contribution in [2.24, 2.45) is 0 Å². The normalized spacial score (nSPS) is 14.6. The third-order valence-electron chi connectivity index (χ3n) is 3.95. The molecular formula is C17H16F3N3O. The first kappa shape index (κ1) is 16.2. The summed E-state index contributed by atoms with van der Waals surface area (Å²) >= 11 is 0. The summed E-state index contributed by atoms with van der Waals surface area (Å²) in [5, 5.41) is 2.53. The van der Waals surface area contributed by atoms with Crippen molar-refractivity contribution < 1.29 is 18.0 Å². The fourth-order valence-corrected chi connectivity index (χ4v) is 2.61. The van der Waals surface area contributed by atoms with E-state index >= 15 is 0 Å². The van der Waals surface area contributed by atoms with Gasteiger partial charge in [0.15, 0.2) is 11.6 Å². The Morgan fingerprint density at radius 1 is 0.875 bits per heavy atom. The Morgan fingerprint density at radius 3 is 2.25 bits per heavy atom. The molecular weight excluding hydrogens is 319 g/mol. The van der Waals surface area contributed by atoms with Crippen LogP contribution in [0.15, 0.2) is 42.5 Å². The fraction of sp³-hybridized carbons (Fsp3) is 0.235. The first-order chi connectivity index (χ1) is 11.5. The van der Waals surface area contributed by atoms with Crippen LogP contribution in [-0.2, 0) is 0 Å². The number of hydrogen-bond donors (Lipinski definition) is 1. The van der Waals surface area contributed by atoms with Crippen LogP contribution in [0.25, 0.3) is 0 Å². The van der Waals surface area contributed by atoms with E-state index in [1.54, 1.807) is 17.0 Å². The van der Waals surface area contributed by atoms with Crippen molar-refractivity contribution in [3.8, 4) is 0 Å². The number of para-hydroxylation sites is 1. The molecule has 2 amide bonds. The quantitative estimate of drug-likeness (QED) is 0.912. The molecule has 3 rings (SSSR count). The lowest BCUT2D eigenvalue weighted by Crippen LogP contribution is -2.50. The Balaban J connectivity index is 1.59. The highest BCUT2D eigenvalue weighted by atomic mass is 19.2. The average molecular weight is 335 g/mol. The van der Waals surface area contributed by atoms with Gasteiger partial charge in [-0.2, -0.15) is 0 Å². The summed E-state index contributed by atoms with van der Waals surface area (Å²) in [6, 6.07) is 9.30. The van der Waals surface area contributed by atoms with E-state index in [4.69, 9.17) is 0 Å². The van der Waals surface area contributed by atoms with Crippen molar-refractivity contribution in [2.75, 3.05) is 36.4 Å². The minimum Gasteiger partial charge on any atom is -0.368 e. The summed E-state index contributed by atoms with van der Waals surface area (Å²) in [5.41, 5.74) is 0.702. The van der Waals surface area contributed by atoms with Gasteiger partial charge in [-0.05, 0) is 24.3 Å². The molecule has 1 heterocycles. The number of piperazine rings is 1. The van der Waals surface area contributed by atoms with E-state index in [9.17, 15) is 18.0 Å². The number of amides is 2. The van der Waals surface area contributed by atoms with E-state index in [1.165, 1.54) is 18.2 Å². The molecule has 24 heavy (non-hydrogen) atoms. The van der Waals surface area contributed by atoms with Crippen LogP contribution < -0.4 is 10.2 Å². The molecule has 0 saturated carbocycles. The maximum absolute atomic E-state index is 13.6. The molecule has 2 aromatic rings. The van der Waals surface area contributed by atoms with Gasteiger partial charge in [-0.1, -0.05) is 12.1 Å². The second-order valence-electron chi connectivity index (χ2n) is 5.48. The SMILES string of the molecule is O=C(Nc1ccccc1F)N1CCN(c2ccc(F)c(F)c2)CC1. The summed E-state index contributed by atoms with van der Waals surface area (Å²) in [7, 11) is 0. The molecule has 0 aromatic heterocycles. The van der Waals surface area contributed by atoms with Crippen LogP contribution in [0.1, 0.15) is 0 Å².